The van der Waals surface area contributed by atoms with Crippen LogP contribution in [-0.4, -0.2) is 57.6 Å². The lowest BCUT2D eigenvalue weighted by Gasteiger charge is -2.35. The monoisotopic (exact) mass is 430 g/mol. The first-order valence-electron chi connectivity index (χ1n) is 10.4. The number of nitrogens with zero attached hydrogens (tertiary/aromatic N) is 1. The molecule has 0 radical (unpaired) electrons. The summed E-state index contributed by atoms with van der Waals surface area (Å²) in [4.78, 5) is 15.1. The maximum Gasteiger partial charge on any atom is 0.251 e. The Labute approximate surface area is 179 Å². The summed E-state index contributed by atoms with van der Waals surface area (Å²) < 4.78 is 30.9. The highest BCUT2D eigenvalue weighted by Crippen LogP contribution is 2.17. The molecule has 0 bridgehead atoms. The van der Waals surface area contributed by atoms with Crippen LogP contribution < -0.4 is 5.32 Å². The van der Waals surface area contributed by atoms with Crippen molar-refractivity contribution in [2.45, 2.75) is 43.1 Å². The molecule has 162 valence electrons. The van der Waals surface area contributed by atoms with Crippen molar-refractivity contribution < 1.29 is 17.9 Å². The summed E-state index contributed by atoms with van der Waals surface area (Å²) in [5.74, 6) is -0.316. The summed E-state index contributed by atoms with van der Waals surface area (Å²) in [5.41, 5.74) is 1.08. The minimum atomic E-state index is -3.45. The van der Waals surface area contributed by atoms with Crippen LogP contribution in [0, 0.1) is 0 Å². The lowest BCUT2D eigenvalue weighted by molar-refractivity contribution is -0.0680. The molecule has 1 heterocycles. The average molecular weight is 431 g/mol. The van der Waals surface area contributed by atoms with Crippen LogP contribution in [0.25, 0.3) is 0 Å². The fourth-order valence-corrected chi connectivity index (χ4v) is 5.16. The molecule has 0 spiro atoms. The minimum absolute atomic E-state index is 0.133. The van der Waals surface area contributed by atoms with Crippen molar-refractivity contribution in [2.75, 3.05) is 26.2 Å². The van der Waals surface area contributed by atoms with E-state index >= 15 is 0 Å². The summed E-state index contributed by atoms with van der Waals surface area (Å²) in [6.07, 6.45) is 1.32. The summed E-state index contributed by atoms with van der Waals surface area (Å²) >= 11 is 0. The SMILES string of the molecule is CC1CN(CCCNC(=O)c2cccc(CS(=O)(=O)c3ccccc3)c2)CC(C)O1. The van der Waals surface area contributed by atoms with Crippen molar-refractivity contribution in [3.63, 3.8) is 0 Å². The van der Waals surface area contributed by atoms with Gasteiger partial charge in [-0.25, -0.2) is 8.42 Å². The topological polar surface area (TPSA) is 75.7 Å². The van der Waals surface area contributed by atoms with Crippen molar-refractivity contribution in [1.82, 2.24) is 10.2 Å². The highest BCUT2D eigenvalue weighted by molar-refractivity contribution is 7.90. The molecule has 30 heavy (non-hydrogen) atoms. The Morgan fingerprint density at radius 3 is 2.47 bits per heavy atom. The zero-order valence-electron chi connectivity index (χ0n) is 17.6. The molecule has 7 heteroatoms. The van der Waals surface area contributed by atoms with Gasteiger partial charge < -0.3 is 10.1 Å². The van der Waals surface area contributed by atoms with Crippen LogP contribution in [0.15, 0.2) is 59.5 Å². The van der Waals surface area contributed by atoms with Crippen LogP contribution in [0.2, 0.25) is 0 Å². The molecule has 2 unspecified atom stereocenters. The number of morpholine rings is 1. The van der Waals surface area contributed by atoms with Gasteiger partial charge in [-0.05, 0) is 50.1 Å². The zero-order valence-corrected chi connectivity index (χ0v) is 18.4. The van der Waals surface area contributed by atoms with E-state index in [4.69, 9.17) is 4.74 Å². The number of hydrogen-bond donors (Lipinski definition) is 1. The Kier molecular flexibility index (Phi) is 7.64. The number of nitrogens with one attached hydrogen (secondary N) is 1. The molecule has 2 aromatic rings. The molecule has 1 saturated heterocycles. The van der Waals surface area contributed by atoms with Gasteiger partial charge >= 0.3 is 0 Å². The molecule has 6 nitrogen and oxygen atoms in total. The number of carbonyl (C=O) groups excluding carboxylic acids is 1. The van der Waals surface area contributed by atoms with Crippen LogP contribution in [0.1, 0.15) is 36.2 Å². The van der Waals surface area contributed by atoms with E-state index in [1.807, 2.05) is 0 Å². The van der Waals surface area contributed by atoms with E-state index in [-0.39, 0.29) is 28.8 Å². The zero-order chi connectivity index (χ0) is 21.6. The van der Waals surface area contributed by atoms with Crippen molar-refractivity contribution in [3.05, 3.63) is 65.7 Å². The summed E-state index contributed by atoms with van der Waals surface area (Å²) in [6, 6.07) is 15.2. The lowest BCUT2D eigenvalue weighted by Crippen LogP contribution is -2.46. The number of hydrogen-bond acceptors (Lipinski definition) is 5. The second-order valence-electron chi connectivity index (χ2n) is 7.90. The second kappa shape index (κ2) is 10.2. The van der Waals surface area contributed by atoms with Crippen LogP contribution in [0.4, 0.5) is 0 Å². The first kappa shape index (κ1) is 22.5. The normalized spacial score (nSPS) is 20.1. The highest BCUT2D eigenvalue weighted by atomic mass is 32.2. The molecule has 0 saturated carbocycles. The minimum Gasteiger partial charge on any atom is -0.373 e. The molecular formula is C23H30N2O4S. The maximum absolute atomic E-state index is 12.6. The fraction of sp³-hybridized carbons (Fsp3) is 0.435. The quantitative estimate of drug-likeness (QED) is 0.652. The molecule has 1 aliphatic rings. The lowest BCUT2D eigenvalue weighted by atomic mass is 10.1. The van der Waals surface area contributed by atoms with Crippen molar-refractivity contribution in [1.29, 1.82) is 0 Å². The maximum atomic E-state index is 12.6. The number of amides is 1. The first-order valence-corrected chi connectivity index (χ1v) is 12.0. The highest BCUT2D eigenvalue weighted by Gasteiger charge is 2.21. The molecule has 0 aliphatic carbocycles. The summed E-state index contributed by atoms with van der Waals surface area (Å²) in [5, 5.41) is 2.94. The molecule has 2 atom stereocenters. The average Bonchev–Trinajstić information content (AvgIpc) is 2.71. The van der Waals surface area contributed by atoms with Gasteiger partial charge in [-0.1, -0.05) is 30.3 Å². The van der Waals surface area contributed by atoms with Gasteiger partial charge in [0.05, 0.1) is 22.9 Å². The van der Waals surface area contributed by atoms with Gasteiger partial charge in [0.1, 0.15) is 0 Å². The Morgan fingerprint density at radius 2 is 1.77 bits per heavy atom. The number of ether oxygens (including phenoxy) is 1. The number of sulfone groups is 1. The predicted octanol–water partition coefficient (Wildman–Crippen LogP) is 2.89. The largest absolute Gasteiger partial charge is 0.373 e. The summed E-state index contributed by atoms with van der Waals surface area (Å²) in [7, 11) is -3.45. The molecule has 0 aromatic heterocycles. The van der Waals surface area contributed by atoms with E-state index in [0.717, 1.165) is 26.1 Å². The smallest absolute Gasteiger partial charge is 0.251 e. The van der Waals surface area contributed by atoms with Gasteiger partial charge in [0.15, 0.2) is 9.84 Å². The van der Waals surface area contributed by atoms with Crippen LogP contribution in [0.3, 0.4) is 0 Å². The molecule has 1 amide bonds. The van der Waals surface area contributed by atoms with Crippen LogP contribution in [0.5, 0.6) is 0 Å². The van der Waals surface area contributed by atoms with E-state index in [1.54, 1.807) is 54.6 Å². The first-order chi connectivity index (χ1) is 14.3. The van der Waals surface area contributed by atoms with Crippen LogP contribution in [-0.2, 0) is 20.3 Å². The molecule has 3 rings (SSSR count). The van der Waals surface area contributed by atoms with E-state index in [2.05, 4.69) is 24.1 Å². The van der Waals surface area contributed by atoms with Gasteiger partial charge in [-0.3, -0.25) is 9.69 Å². The van der Waals surface area contributed by atoms with Crippen molar-refractivity contribution in [2.24, 2.45) is 0 Å². The second-order valence-corrected chi connectivity index (χ2v) is 9.89. The van der Waals surface area contributed by atoms with Gasteiger partial charge in [-0.2, -0.15) is 0 Å². The van der Waals surface area contributed by atoms with Crippen molar-refractivity contribution >= 4 is 15.7 Å². The summed E-state index contributed by atoms with van der Waals surface area (Å²) in [6.45, 7) is 7.47. The standard InChI is InChI=1S/C23H30N2O4S/c1-18-15-25(16-19(2)29-18)13-7-12-24-23(26)21-9-6-8-20(14-21)17-30(27,28)22-10-4-3-5-11-22/h3-6,8-11,14,18-19H,7,12-13,15-17H2,1-2H3,(H,24,26). The predicted molar refractivity (Wildman–Crippen MR) is 117 cm³/mol. The van der Waals surface area contributed by atoms with Gasteiger partial charge in [-0.15, -0.1) is 0 Å². The van der Waals surface area contributed by atoms with E-state index in [1.165, 1.54) is 0 Å². The van der Waals surface area contributed by atoms with Crippen LogP contribution >= 0.6 is 0 Å². The molecule has 1 N–H and O–H groups in total. The third kappa shape index (κ3) is 6.39. The number of benzene rings is 2. The molecule has 1 fully saturated rings. The Morgan fingerprint density at radius 1 is 1.07 bits per heavy atom. The Bertz CT molecular complexity index is 937. The van der Waals surface area contributed by atoms with Crippen molar-refractivity contribution in [3.8, 4) is 0 Å². The third-order valence-corrected chi connectivity index (χ3v) is 6.78. The van der Waals surface area contributed by atoms with Gasteiger partial charge in [0.25, 0.3) is 5.91 Å². The van der Waals surface area contributed by atoms with Gasteiger partial charge in [0.2, 0.25) is 0 Å². The van der Waals surface area contributed by atoms with E-state index < -0.39 is 9.84 Å². The van der Waals surface area contributed by atoms with E-state index in [0.29, 0.717) is 17.7 Å². The molecule has 1 aliphatic heterocycles. The third-order valence-electron chi connectivity index (χ3n) is 5.08. The molecular weight excluding hydrogens is 400 g/mol. The Balaban J connectivity index is 1.51. The van der Waals surface area contributed by atoms with E-state index in [9.17, 15) is 13.2 Å². The molecule has 2 aromatic carbocycles. The fourth-order valence-electron chi connectivity index (χ4n) is 3.81. The number of carbonyl (C=O) groups is 1. The number of rotatable bonds is 8. The Hall–Kier alpha value is -2.22. The van der Waals surface area contributed by atoms with Gasteiger partial charge in [0, 0.05) is 31.7 Å².